The second-order valence-corrected chi connectivity index (χ2v) is 19.0. The fourth-order valence-corrected chi connectivity index (χ4v) is 12.4. The van der Waals surface area contributed by atoms with Crippen LogP contribution in [-0.2, 0) is 0 Å². The molecule has 0 unspecified atom stereocenters. The van der Waals surface area contributed by atoms with Gasteiger partial charge in [0.1, 0.15) is 25.2 Å². The van der Waals surface area contributed by atoms with Gasteiger partial charge >= 0.3 is 0 Å². The fraction of sp³-hybridized carbons (Fsp3) is 0.0889. The number of hydrogen-bond acceptors (Lipinski definition) is 4. The summed E-state index contributed by atoms with van der Waals surface area (Å²) >= 11 is 0. The molecule has 0 bridgehead atoms. The highest BCUT2D eigenvalue weighted by molar-refractivity contribution is 7.02. The number of benzene rings is 6. The number of ether oxygens (including phenoxy) is 1. The summed E-state index contributed by atoms with van der Waals surface area (Å²) in [5.74, 6) is 1.41. The lowest BCUT2D eigenvalue weighted by atomic mass is 10.1. The Kier molecular flexibility index (Phi) is 4.79. The van der Waals surface area contributed by atoms with Crippen LogP contribution in [0, 0.1) is 0 Å². The van der Waals surface area contributed by atoms with Crippen molar-refractivity contribution in [2.24, 2.45) is 0 Å². The molecular formula is C45H33N5OSi. The summed E-state index contributed by atoms with van der Waals surface area (Å²) in [5.41, 5.74) is 9.22. The Morgan fingerprint density at radius 1 is 0.596 bits per heavy atom. The molecule has 12 rings (SSSR count). The normalized spacial score (nSPS) is 15.9. The predicted octanol–water partition coefficient (Wildman–Crippen LogP) is 9.83. The fourth-order valence-electron chi connectivity index (χ4n) is 9.39. The number of hydrogen-bond donors (Lipinski definition) is 0. The molecule has 0 saturated heterocycles. The van der Waals surface area contributed by atoms with Crippen LogP contribution in [0.2, 0.25) is 13.1 Å². The van der Waals surface area contributed by atoms with E-state index in [0.29, 0.717) is 11.5 Å². The van der Waals surface area contributed by atoms with Crippen molar-refractivity contribution in [1.82, 2.24) is 13.8 Å². The Morgan fingerprint density at radius 3 is 2.21 bits per heavy atom. The molecular weight excluding hydrogens is 655 g/mol. The van der Waals surface area contributed by atoms with Gasteiger partial charge in [0.25, 0.3) is 0 Å². The lowest BCUT2D eigenvalue weighted by molar-refractivity contribution is 0.483. The molecule has 0 amide bonds. The molecule has 2 aliphatic heterocycles. The maximum atomic E-state index is 8.32. The smallest absolute Gasteiger partial charge is 0.145 e. The summed E-state index contributed by atoms with van der Waals surface area (Å²) in [7, 11) is -2.15. The van der Waals surface area contributed by atoms with Crippen molar-refractivity contribution in [2.45, 2.75) is 13.1 Å². The second-order valence-electron chi connectivity index (χ2n) is 14.7. The molecule has 0 aliphatic carbocycles. The van der Waals surface area contributed by atoms with Crippen LogP contribution < -0.4 is 24.9 Å². The van der Waals surface area contributed by atoms with Gasteiger partial charge in [0.2, 0.25) is 0 Å². The van der Waals surface area contributed by atoms with Crippen molar-refractivity contribution in [3.63, 3.8) is 0 Å². The molecule has 248 valence electrons. The number of para-hydroxylation sites is 4. The third-order valence-corrected chi connectivity index (χ3v) is 15.2. The third-order valence-electron chi connectivity index (χ3n) is 11.7. The van der Waals surface area contributed by atoms with E-state index in [4.69, 9.17) is 13.8 Å². The average Bonchev–Trinajstić information content (AvgIpc) is 3.85. The number of nitrogens with zero attached hydrogens (tertiary/aromatic N) is 5. The molecule has 0 atom stereocenters. The van der Waals surface area contributed by atoms with Gasteiger partial charge < -0.3 is 18.9 Å². The molecule has 0 N–H and O–H groups in total. The van der Waals surface area contributed by atoms with Gasteiger partial charge in [0.15, 0.2) is 0 Å². The minimum absolute atomic E-state index is 0.261. The van der Waals surface area contributed by atoms with Crippen LogP contribution in [0.15, 0.2) is 134 Å². The van der Waals surface area contributed by atoms with Crippen molar-refractivity contribution in [3.05, 3.63) is 134 Å². The standard InChI is InChI=1S/C45H33N5OSi/c1-47-26-48-39-25-28(20-22-40(39)52(2,3)41-18-8-16-36(47)44(41)48)51-27-19-21-30-32-13-7-17-37-43(32)50(38(30)24-27)45-34(14-9-23-46-45)33-12-6-11-31-29-10-4-5-15-35(29)49(37)42(31)33/h4-25H,26H2,1-3H3/i1D3. The van der Waals surface area contributed by atoms with Gasteiger partial charge in [0, 0.05) is 67.4 Å². The lowest BCUT2D eigenvalue weighted by Gasteiger charge is -2.38. The first-order chi connectivity index (χ1) is 26.7. The van der Waals surface area contributed by atoms with Crippen LogP contribution in [0.3, 0.4) is 0 Å². The number of pyridine rings is 1. The molecule has 0 spiro atoms. The Bertz CT molecular complexity index is 3330. The molecule has 0 radical (unpaired) electrons. The van der Waals surface area contributed by atoms with Crippen LogP contribution >= 0.6 is 0 Å². The topological polar surface area (TPSA) is 37.4 Å². The van der Waals surface area contributed by atoms with E-state index >= 15 is 0 Å². The second kappa shape index (κ2) is 9.72. The molecule has 0 fully saturated rings. The Balaban J connectivity index is 1.09. The van der Waals surface area contributed by atoms with Crippen LogP contribution in [-0.4, -0.2) is 35.5 Å². The summed E-state index contributed by atoms with van der Waals surface area (Å²) in [4.78, 5) is 8.80. The number of anilines is 3. The Hall–Kier alpha value is -6.31. The van der Waals surface area contributed by atoms with Gasteiger partial charge in [-0.1, -0.05) is 79.8 Å². The first kappa shape index (κ1) is 25.6. The zero-order valence-electron chi connectivity index (χ0n) is 31.6. The van der Waals surface area contributed by atoms with Crippen LogP contribution in [0.4, 0.5) is 17.1 Å². The molecule has 2 aliphatic rings. The van der Waals surface area contributed by atoms with Gasteiger partial charge in [0.05, 0.1) is 45.6 Å². The highest BCUT2D eigenvalue weighted by atomic mass is 28.3. The molecule has 10 aromatic rings. The van der Waals surface area contributed by atoms with Gasteiger partial charge in [-0.2, -0.15) is 0 Å². The largest absolute Gasteiger partial charge is 0.457 e. The van der Waals surface area contributed by atoms with Gasteiger partial charge in [-0.25, -0.2) is 4.98 Å². The van der Waals surface area contributed by atoms with E-state index in [1.807, 2.05) is 30.5 Å². The Morgan fingerprint density at radius 2 is 1.31 bits per heavy atom. The molecule has 4 aromatic heterocycles. The first-order valence-corrected chi connectivity index (χ1v) is 20.7. The summed E-state index contributed by atoms with van der Waals surface area (Å²) in [6, 6.07) is 44.9. The highest BCUT2D eigenvalue weighted by Gasteiger charge is 2.42. The van der Waals surface area contributed by atoms with E-state index in [1.54, 1.807) is 4.90 Å². The van der Waals surface area contributed by atoms with Gasteiger partial charge in [-0.3, -0.25) is 4.40 Å². The highest BCUT2D eigenvalue weighted by Crippen LogP contribution is 2.45. The molecule has 52 heavy (non-hydrogen) atoms. The number of aromatic nitrogens is 3. The zero-order chi connectivity index (χ0) is 37.0. The first-order valence-electron chi connectivity index (χ1n) is 19.2. The lowest BCUT2D eigenvalue weighted by Crippen LogP contribution is -2.58. The molecule has 6 heterocycles. The molecule has 7 heteroatoms. The number of rotatable bonds is 2. The maximum Gasteiger partial charge on any atom is 0.145 e. The van der Waals surface area contributed by atoms with Crippen LogP contribution in [0.25, 0.3) is 65.5 Å². The summed E-state index contributed by atoms with van der Waals surface area (Å²) in [5, 5.41) is 9.42. The quantitative estimate of drug-likeness (QED) is 0.169. The van der Waals surface area contributed by atoms with E-state index in [1.165, 1.54) is 32.2 Å². The SMILES string of the molecule is [2H]C([2H])([2H])N1CN2c3cc(Oc4ccc5c6cccc7c6n(c5c4)c4ncccc4c4cccc5c6ccccc6n7c54)ccc3[Si](C)(C)c3cccc1c32. The van der Waals surface area contributed by atoms with Crippen LogP contribution in [0.5, 0.6) is 11.5 Å². The summed E-state index contributed by atoms with van der Waals surface area (Å²) in [6.07, 6.45) is 1.88. The molecule has 0 saturated carbocycles. The Labute approximate surface area is 304 Å². The van der Waals surface area contributed by atoms with E-state index in [2.05, 4.69) is 130 Å². The van der Waals surface area contributed by atoms with Crippen molar-refractivity contribution < 1.29 is 8.85 Å². The van der Waals surface area contributed by atoms with Crippen molar-refractivity contribution in [2.75, 3.05) is 23.4 Å². The molecule has 6 nitrogen and oxygen atoms in total. The van der Waals surface area contributed by atoms with Crippen molar-refractivity contribution in [1.29, 1.82) is 0 Å². The summed E-state index contributed by atoms with van der Waals surface area (Å²) in [6.45, 7) is 2.70. The van der Waals surface area contributed by atoms with Crippen molar-refractivity contribution >= 4 is 101 Å². The molecule has 6 aromatic carbocycles. The van der Waals surface area contributed by atoms with E-state index in [0.717, 1.165) is 60.8 Å². The van der Waals surface area contributed by atoms with Crippen LogP contribution in [0.1, 0.15) is 4.11 Å². The average molecular weight is 691 g/mol. The third kappa shape index (κ3) is 3.46. The minimum Gasteiger partial charge on any atom is -0.457 e. The van der Waals surface area contributed by atoms with E-state index in [-0.39, 0.29) is 6.67 Å². The van der Waals surface area contributed by atoms with Gasteiger partial charge in [-0.15, -0.1) is 0 Å². The predicted molar refractivity (Wildman–Crippen MR) is 219 cm³/mol. The van der Waals surface area contributed by atoms with E-state index < -0.39 is 15.0 Å². The number of fused-ring (bicyclic) bond motifs is 12. The monoisotopic (exact) mass is 690 g/mol. The minimum atomic E-state index is -2.25. The van der Waals surface area contributed by atoms with E-state index in [9.17, 15) is 0 Å². The zero-order valence-corrected chi connectivity index (χ0v) is 29.6. The van der Waals surface area contributed by atoms with Gasteiger partial charge in [-0.05, 0) is 58.9 Å². The van der Waals surface area contributed by atoms with Crippen molar-refractivity contribution in [3.8, 4) is 11.5 Å². The maximum absolute atomic E-state index is 8.32. The summed E-state index contributed by atoms with van der Waals surface area (Å²) < 4.78 is 36.5.